The minimum atomic E-state index is -1.83. The third-order valence-corrected chi connectivity index (χ3v) is 7.31. The van der Waals surface area contributed by atoms with Crippen LogP contribution in [0.2, 0.25) is 0 Å². The summed E-state index contributed by atoms with van der Waals surface area (Å²) >= 11 is 0. The molecule has 0 radical (unpaired) electrons. The molecular weight excluding hydrogens is 516 g/mol. The van der Waals surface area contributed by atoms with Gasteiger partial charge < -0.3 is 18.5 Å². The van der Waals surface area contributed by atoms with Crippen molar-refractivity contribution in [1.82, 2.24) is 14.6 Å². The lowest BCUT2D eigenvalue weighted by atomic mass is 10.1. The molecule has 0 saturated carbocycles. The van der Waals surface area contributed by atoms with Gasteiger partial charge in [0.15, 0.2) is 0 Å². The summed E-state index contributed by atoms with van der Waals surface area (Å²) in [6.07, 6.45) is -0.131. The first kappa shape index (κ1) is 27.9. The van der Waals surface area contributed by atoms with Gasteiger partial charge in [0.1, 0.15) is 18.0 Å². The molecule has 2 N–H and O–H groups in total. The zero-order valence-electron chi connectivity index (χ0n) is 21.5. The molecule has 5 atom stereocenters. The second-order valence-electron chi connectivity index (χ2n) is 9.46. The minimum Gasteiger partial charge on any atom is -0.462 e. The fraction of sp³-hybridized carbons (Fsp3) is 0.423. The summed E-state index contributed by atoms with van der Waals surface area (Å²) in [6, 6.07) is 12.7. The second-order valence-corrected chi connectivity index (χ2v) is 10.7. The summed E-state index contributed by atoms with van der Waals surface area (Å²) in [5.74, 6) is -1.09. The van der Waals surface area contributed by atoms with E-state index in [0.717, 1.165) is 21.5 Å². The first-order chi connectivity index (χ1) is 18.1. The first-order valence-electron chi connectivity index (χ1n) is 12.3. The van der Waals surface area contributed by atoms with Gasteiger partial charge in [0.2, 0.25) is 5.82 Å². The van der Waals surface area contributed by atoms with Crippen molar-refractivity contribution in [2.45, 2.75) is 58.6 Å². The number of fused-ring (bicyclic) bond motifs is 1. The number of H-pyrrole nitrogens is 1. The SMILES string of the molecule is CC(C)OC(=O)C(C)N[P@](OCC1CC(C)C(n2cc(F)c(=O)[nH]c2=O)O1)Oc1cccc2ccccc12. The quantitative estimate of drug-likeness (QED) is 0.289. The molecule has 0 aliphatic carbocycles. The molecular formula is C26H31FN3O7P. The van der Waals surface area contributed by atoms with Crippen molar-refractivity contribution in [2.24, 2.45) is 5.92 Å². The van der Waals surface area contributed by atoms with Crippen LogP contribution >= 0.6 is 8.53 Å². The standard InChI is InChI=1S/C26H31FN3O7P/c1-15(2)35-25(32)17(4)29-38(37-22-11-7-9-18-8-5-6-10-20(18)22)34-14-19-12-16(3)24(36-19)30-13-21(27)23(31)28-26(30)33/h5-11,13,15-17,19,24,29H,12,14H2,1-4H3,(H,28,31,33)/t16?,17?,19?,24?,38-/m1/s1. The van der Waals surface area contributed by atoms with Gasteiger partial charge in [-0.15, -0.1) is 0 Å². The van der Waals surface area contributed by atoms with Crippen LogP contribution in [0.3, 0.4) is 0 Å². The fourth-order valence-corrected chi connectivity index (χ4v) is 5.41. The van der Waals surface area contributed by atoms with E-state index in [4.69, 9.17) is 18.5 Å². The zero-order valence-corrected chi connectivity index (χ0v) is 22.4. The van der Waals surface area contributed by atoms with E-state index in [1.54, 1.807) is 20.8 Å². The van der Waals surface area contributed by atoms with Gasteiger partial charge in [-0.2, -0.15) is 4.39 Å². The molecule has 38 heavy (non-hydrogen) atoms. The predicted octanol–water partition coefficient (Wildman–Crippen LogP) is 4.00. The predicted molar refractivity (Wildman–Crippen MR) is 140 cm³/mol. The Bertz CT molecular complexity index is 1390. The third kappa shape index (κ3) is 6.66. The van der Waals surface area contributed by atoms with Crippen LogP contribution in [0.25, 0.3) is 10.8 Å². The number of aromatic nitrogens is 2. The topological polar surface area (TPSA) is 121 Å². The van der Waals surface area contributed by atoms with Crippen LogP contribution in [0.1, 0.15) is 40.3 Å². The Morgan fingerprint density at radius 1 is 1.21 bits per heavy atom. The number of ether oxygens (including phenoxy) is 2. The molecule has 10 nitrogen and oxygen atoms in total. The molecule has 1 aliphatic rings. The van der Waals surface area contributed by atoms with Crippen LogP contribution in [-0.2, 0) is 18.8 Å². The molecule has 2 heterocycles. The van der Waals surface area contributed by atoms with Crippen molar-refractivity contribution in [1.29, 1.82) is 0 Å². The average Bonchev–Trinajstić information content (AvgIpc) is 3.24. The van der Waals surface area contributed by atoms with E-state index in [0.29, 0.717) is 12.2 Å². The number of carbonyl (C=O) groups is 1. The Kier molecular flexibility index (Phi) is 8.94. The molecule has 0 amide bonds. The van der Waals surface area contributed by atoms with E-state index in [-0.39, 0.29) is 18.6 Å². The highest BCUT2D eigenvalue weighted by Crippen LogP contribution is 2.41. The number of nitrogens with one attached hydrogen (secondary N) is 2. The molecule has 204 valence electrons. The highest BCUT2D eigenvalue weighted by atomic mass is 31.2. The van der Waals surface area contributed by atoms with Gasteiger partial charge in [-0.25, -0.2) is 9.88 Å². The second kappa shape index (κ2) is 12.2. The first-order valence-corrected chi connectivity index (χ1v) is 13.5. The van der Waals surface area contributed by atoms with Crippen LogP contribution in [0.5, 0.6) is 5.75 Å². The number of benzene rings is 2. The molecule has 0 spiro atoms. The number of halogens is 1. The van der Waals surface area contributed by atoms with Gasteiger partial charge in [-0.3, -0.25) is 19.1 Å². The summed E-state index contributed by atoms with van der Waals surface area (Å²) in [6.45, 7) is 7.14. The summed E-state index contributed by atoms with van der Waals surface area (Å²) in [5.41, 5.74) is -1.83. The molecule has 1 fully saturated rings. The maximum atomic E-state index is 13.8. The molecule has 4 rings (SSSR count). The van der Waals surface area contributed by atoms with Crippen LogP contribution in [0, 0.1) is 11.7 Å². The molecule has 2 aromatic carbocycles. The fourth-order valence-electron chi connectivity index (χ4n) is 4.17. The van der Waals surface area contributed by atoms with Crippen LogP contribution in [0.4, 0.5) is 4.39 Å². The van der Waals surface area contributed by atoms with Crippen LogP contribution in [-0.4, -0.2) is 40.4 Å². The summed E-state index contributed by atoms with van der Waals surface area (Å²) in [7, 11) is -1.83. The van der Waals surface area contributed by atoms with E-state index in [9.17, 15) is 18.8 Å². The Labute approximate surface area is 220 Å². The van der Waals surface area contributed by atoms with Gasteiger partial charge >= 0.3 is 20.2 Å². The number of hydrogen-bond donors (Lipinski definition) is 2. The Balaban J connectivity index is 1.49. The van der Waals surface area contributed by atoms with Gasteiger partial charge in [-0.1, -0.05) is 43.3 Å². The smallest absolute Gasteiger partial charge is 0.330 e. The van der Waals surface area contributed by atoms with Crippen molar-refractivity contribution in [3.05, 3.63) is 75.3 Å². The number of rotatable bonds is 10. The number of nitrogens with zero attached hydrogens (tertiary/aromatic N) is 1. The van der Waals surface area contributed by atoms with Crippen molar-refractivity contribution in [3.8, 4) is 5.75 Å². The number of carbonyl (C=O) groups excluding carboxylic acids is 1. The lowest BCUT2D eigenvalue weighted by molar-refractivity contribution is -0.149. The lowest BCUT2D eigenvalue weighted by Crippen LogP contribution is -2.35. The highest BCUT2D eigenvalue weighted by molar-refractivity contribution is 7.45. The van der Waals surface area contributed by atoms with E-state index in [1.807, 2.05) is 54.4 Å². The number of hydrogen-bond acceptors (Lipinski definition) is 8. The van der Waals surface area contributed by atoms with E-state index < -0.39 is 49.9 Å². The van der Waals surface area contributed by atoms with Crippen LogP contribution in [0.15, 0.2) is 58.3 Å². The largest absolute Gasteiger partial charge is 0.462 e. The van der Waals surface area contributed by atoms with Crippen molar-refractivity contribution >= 4 is 25.3 Å². The highest BCUT2D eigenvalue weighted by Gasteiger charge is 2.36. The van der Waals surface area contributed by atoms with Gasteiger partial charge in [0.25, 0.3) is 5.56 Å². The molecule has 1 aromatic heterocycles. The lowest BCUT2D eigenvalue weighted by Gasteiger charge is -2.24. The van der Waals surface area contributed by atoms with Gasteiger partial charge in [-0.05, 0) is 38.6 Å². The summed E-state index contributed by atoms with van der Waals surface area (Å²) in [5, 5.41) is 4.95. The Hall–Kier alpha value is -3.11. The molecule has 3 aromatic rings. The van der Waals surface area contributed by atoms with E-state index in [2.05, 4.69) is 5.09 Å². The molecule has 0 bridgehead atoms. The Morgan fingerprint density at radius 3 is 2.71 bits per heavy atom. The Morgan fingerprint density at radius 2 is 1.95 bits per heavy atom. The average molecular weight is 548 g/mol. The van der Waals surface area contributed by atoms with Crippen LogP contribution < -0.4 is 20.9 Å². The maximum absolute atomic E-state index is 13.8. The van der Waals surface area contributed by atoms with Crippen molar-refractivity contribution < 1.29 is 27.7 Å². The van der Waals surface area contributed by atoms with Crippen molar-refractivity contribution in [3.63, 3.8) is 0 Å². The molecule has 12 heteroatoms. The number of esters is 1. The minimum absolute atomic E-state index is 0.0802. The van der Waals surface area contributed by atoms with Gasteiger partial charge in [0.05, 0.1) is 25.0 Å². The normalized spacial score (nSPS) is 20.9. The van der Waals surface area contributed by atoms with E-state index in [1.165, 1.54) is 0 Å². The molecule has 1 saturated heterocycles. The molecule has 4 unspecified atom stereocenters. The number of aromatic amines is 1. The maximum Gasteiger partial charge on any atom is 0.330 e. The molecule has 1 aliphatic heterocycles. The third-order valence-electron chi connectivity index (χ3n) is 5.96. The summed E-state index contributed by atoms with van der Waals surface area (Å²) < 4.78 is 38.5. The summed E-state index contributed by atoms with van der Waals surface area (Å²) in [4.78, 5) is 38.0. The van der Waals surface area contributed by atoms with E-state index >= 15 is 0 Å². The zero-order chi connectivity index (χ0) is 27.4. The monoisotopic (exact) mass is 547 g/mol. The van der Waals surface area contributed by atoms with Gasteiger partial charge in [0, 0.05) is 11.3 Å². The van der Waals surface area contributed by atoms with Crippen molar-refractivity contribution in [2.75, 3.05) is 6.61 Å².